The van der Waals surface area contributed by atoms with Gasteiger partial charge in [-0.3, -0.25) is 4.79 Å². The zero-order valence-corrected chi connectivity index (χ0v) is 9.41. The van der Waals surface area contributed by atoms with Crippen LogP contribution in [0, 0.1) is 0 Å². The van der Waals surface area contributed by atoms with Gasteiger partial charge in [0.2, 0.25) is 0 Å². The number of carboxylic acid groups (broad SMARTS) is 1. The molecule has 0 saturated carbocycles. The minimum absolute atomic E-state index is 0.110. The lowest BCUT2D eigenvalue weighted by molar-refractivity contribution is -0.138. The van der Waals surface area contributed by atoms with Gasteiger partial charge in [0.15, 0.2) is 5.11 Å². The van der Waals surface area contributed by atoms with Crippen LogP contribution in [0.2, 0.25) is 0 Å². The molecule has 0 aromatic heterocycles. The first-order valence-corrected chi connectivity index (χ1v) is 4.99. The Morgan fingerprint density at radius 2 is 2.19 bits per heavy atom. The number of aliphatic carboxylic acids is 1. The zero-order valence-electron chi connectivity index (χ0n) is 8.60. The third-order valence-electron chi connectivity index (χ3n) is 1.82. The standard InChI is InChI=1S/C10H12N2O3S/c1-6(9(14)15)11-10(16)12-7-3-2-4-8(13)5-7/h2-6,13H,1H3,(H,14,15)(H2,11,12,16)/t6-/m0/s1. The van der Waals surface area contributed by atoms with E-state index in [0.29, 0.717) is 5.69 Å². The van der Waals surface area contributed by atoms with Gasteiger partial charge in [0.25, 0.3) is 0 Å². The van der Waals surface area contributed by atoms with Crippen LogP contribution in [0.15, 0.2) is 24.3 Å². The number of hydrogen-bond donors (Lipinski definition) is 4. The van der Waals surface area contributed by atoms with Gasteiger partial charge >= 0.3 is 5.97 Å². The predicted molar refractivity (Wildman–Crippen MR) is 64.6 cm³/mol. The molecule has 4 N–H and O–H groups in total. The fourth-order valence-corrected chi connectivity index (χ4v) is 1.30. The summed E-state index contributed by atoms with van der Waals surface area (Å²) in [6.07, 6.45) is 0. The van der Waals surface area contributed by atoms with Gasteiger partial charge in [-0.25, -0.2) is 0 Å². The predicted octanol–water partition coefficient (Wildman–Crippen LogP) is 1.15. The molecule has 1 aromatic rings. The first-order chi connectivity index (χ1) is 7.49. The van der Waals surface area contributed by atoms with Crippen molar-refractivity contribution in [1.29, 1.82) is 0 Å². The van der Waals surface area contributed by atoms with E-state index in [0.717, 1.165) is 0 Å². The highest BCUT2D eigenvalue weighted by Crippen LogP contribution is 2.14. The Hall–Kier alpha value is -1.82. The quantitative estimate of drug-likeness (QED) is 0.593. The Balaban J connectivity index is 2.55. The van der Waals surface area contributed by atoms with Crippen LogP contribution in [-0.2, 0) is 4.79 Å². The number of phenolic OH excluding ortho intramolecular Hbond substituents is 1. The number of carbonyl (C=O) groups is 1. The average Bonchev–Trinajstić information content (AvgIpc) is 2.16. The molecule has 0 aliphatic heterocycles. The second kappa shape index (κ2) is 5.32. The highest BCUT2D eigenvalue weighted by Gasteiger charge is 2.11. The number of phenols is 1. The molecule has 0 heterocycles. The van der Waals surface area contributed by atoms with Crippen LogP contribution in [0.5, 0.6) is 5.75 Å². The number of rotatable bonds is 3. The highest BCUT2D eigenvalue weighted by molar-refractivity contribution is 7.80. The van der Waals surface area contributed by atoms with Crippen LogP contribution in [0.3, 0.4) is 0 Å². The van der Waals surface area contributed by atoms with E-state index in [2.05, 4.69) is 10.6 Å². The first kappa shape index (κ1) is 12.3. The third kappa shape index (κ3) is 3.74. The van der Waals surface area contributed by atoms with Crippen molar-refractivity contribution in [2.24, 2.45) is 0 Å². The van der Waals surface area contributed by atoms with E-state index in [1.807, 2.05) is 0 Å². The summed E-state index contributed by atoms with van der Waals surface area (Å²) >= 11 is 4.91. The number of aromatic hydroxyl groups is 1. The second-order valence-corrected chi connectivity index (χ2v) is 3.62. The lowest BCUT2D eigenvalue weighted by Crippen LogP contribution is -2.40. The van der Waals surface area contributed by atoms with Gasteiger partial charge in [-0.1, -0.05) is 6.07 Å². The summed E-state index contributed by atoms with van der Waals surface area (Å²) in [5.74, 6) is -0.876. The molecule has 16 heavy (non-hydrogen) atoms. The summed E-state index contributed by atoms with van der Waals surface area (Å²) in [5, 5.41) is 23.4. The van der Waals surface area contributed by atoms with E-state index in [-0.39, 0.29) is 10.9 Å². The van der Waals surface area contributed by atoms with Gasteiger partial charge in [0, 0.05) is 11.8 Å². The molecule has 1 atom stereocenters. The number of benzene rings is 1. The molecule has 0 unspecified atom stereocenters. The summed E-state index contributed by atoms with van der Waals surface area (Å²) in [5.41, 5.74) is 0.593. The lowest BCUT2D eigenvalue weighted by atomic mass is 10.3. The van der Waals surface area contributed by atoms with Crippen LogP contribution < -0.4 is 10.6 Å². The minimum atomic E-state index is -0.986. The number of thiocarbonyl (C=S) groups is 1. The highest BCUT2D eigenvalue weighted by atomic mass is 32.1. The largest absolute Gasteiger partial charge is 0.508 e. The van der Waals surface area contributed by atoms with Crippen LogP contribution >= 0.6 is 12.2 Å². The van der Waals surface area contributed by atoms with Crippen molar-refractivity contribution in [3.05, 3.63) is 24.3 Å². The summed E-state index contributed by atoms with van der Waals surface area (Å²) < 4.78 is 0. The molecular formula is C10H12N2O3S. The van der Waals surface area contributed by atoms with Gasteiger partial charge in [-0.05, 0) is 31.3 Å². The van der Waals surface area contributed by atoms with Gasteiger partial charge in [0.05, 0.1) is 0 Å². The van der Waals surface area contributed by atoms with E-state index in [1.54, 1.807) is 12.1 Å². The fourth-order valence-electron chi connectivity index (χ4n) is 1.01. The van der Waals surface area contributed by atoms with Crippen LogP contribution in [0.1, 0.15) is 6.92 Å². The molecular weight excluding hydrogens is 228 g/mol. The molecule has 0 saturated heterocycles. The minimum Gasteiger partial charge on any atom is -0.508 e. The first-order valence-electron chi connectivity index (χ1n) is 4.58. The fraction of sp³-hybridized carbons (Fsp3) is 0.200. The molecule has 0 aliphatic carbocycles. The number of carboxylic acids is 1. The maximum Gasteiger partial charge on any atom is 0.325 e. The Morgan fingerprint density at radius 1 is 1.50 bits per heavy atom. The maximum atomic E-state index is 10.6. The number of hydrogen-bond acceptors (Lipinski definition) is 3. The van der Waals surface area contributed by atoms with Crippen molar-refractivity contribution in [2.45, 2.75) is 13.0 Å². The molecule has 0 aliphatic rings. The van der Waals surface area contributed by atoms with Crippen molar-refractivity contribution in [3.8, 4) is 5.75 Å². The normalized spacial score (nSPS) is 11.6. The Bertz CT molecular complexity index is 409. The summed E-state index contributed by atoms with van der Waals surface area (Å²) in [4.78, 5) is 10.6. The topological polar surface area (TPSA) is 81.6 Å². The van der Waals surface area contributed by atoms with E-state index < -0.39 is 12.0 Å². The molecule has 0 radical (unpaired) electrons. The number of nitrogens with one attached hydrogen (secondary N) is 2. The Labute approximate surface area is 98.1 Å². The van der Waals surface area contributed by atoms with Gasteiger partial charge in [-0.15, -0.1) is 0 Å². The summed E-state index contributed by atoms with van der Waals surface area (Å²) in [6.45, 7) is 1.48. The van der Waals surface area contributed by atoms with Crippen molar-refractivity contribution < 1.29 is 15.0 Å². The SMILES string of the molecule is C[C@H](NC(=S)Nc1cccc(O)c1)C(=O)O. The van der Waals surface area contributed by atoms with E-state index in [4.69, 9.17) is 17.3 Å². The van der Waals surface area contributed by atoms with Crippen molar-refractivity contribution in [1.82, 2.24) is 5.32 Å². The molecule has 0 amide bonds. The van der Waals surface area contributed by atoms with Gasteiger partial charge in [0.1, 0.15) is 11.8 Å². The second-order valence-electron chi connectivity index (χ2n) is 3.21. The summed E-state index contributed by atoms with van der Waals surface area (Å²) in [6, 6.07) is 5.61. The van der Waals surface area contributed by atoms with Crippen molar-refractivity contribution in [3.63, 3.8) is 0 Å². The lowest BCUT2D eigenvalue weighted by Gasteiger charge is -2.13. The third-order valence-corrected chi connectivity index (χ3v) is 2.04. The maximum absolute atomic E-state index is 10.6. The molecule has 1 aromatic carbocycles. The van der Waals surface area contributed by atoms with Crippen LogP contribution in [-0.4, -0.2) is 27.3 Å². The van der Waals surface area contributed by atoms with E-state index in [1.165, 1.54) is 19.1 Å². The average molecular weight is 240 g/mol. The number of anilines is 1. The van der Waals surface area contributed by atoms with Crippen LogP contribution in [0.25, 0.3) is 0 Å². The summed E-state index contributed by atoms with van der Waals surface area (Å²) in [7, 11) is 0. The molecule has 0 fully saturated rings. The Kier molecular flexibility index (Phi) is 4.07. The van der Waals surface area contributed by atoms with Crippen LogP contribution in [0.4, 0.5) is 5.69 Å². The molecule has 5 nitrogen and oxygen atoms in total. The van der Waals surface area contributed by atoms with Crippen molar-refractivity contribution >= 4 is 29.0 Å². The van der Waals surface area contributed by atoms with Gasteiger partial charge in [-0.2, -0.15) is 0 Å². The van der Waals surface area contributed by atoms with E-state index >= 15 is 0 Å². The zero-order chi connectivity index (χ0) is 12.1. The molecule has 0 bridgehead atoms. The monoisotopic (exact) mass is 240 g/mol. The Morgan fingerprint density at radius 3 is 2.75 bits per heavy atom. The molecule has 6 heteroatoms. The molecule has 0 spiro atoms. The van der Waals surface area contributed by atoms with E-state index in [9.17, 15) is 9.90 Å². The smallest absolute Gasteiger partial charge is 0.325 e. The molecule has 86 valence electrons. The van der Waals surface area contributed by atoms with Gasteiger partial charge < -0.3 is 20.8 Å². The van der Waals surface area contributed by atoms with Crippen molar-refractivity contribution in [2.75, 3.05) is 5.32 Å². The molecule has 1 rings (SSSR count).